The molecule has 2 amide bonds. The lowest BCUT2D eigenvalue weighted by Crippen LogP contribution is -2.41. The van der Waals surface area contributed by atoms with Gasteiger partial charge in [-0.2, -0.15) is 13.2 Å². The summed E-state index contributed by atoms with van der Waals surface area (Å²) in [5.41, 5.74) is 1.64. The standard InChI is InChI=1S/C30H31F3N6O3/c1-18-24-16-22(41-26-6-11-35-27-23(26)5-10-34-27)4-3-19(24)7-14-39(18)29(40)37-20-15-25(30(31,32)33)28(36-17-20)42-21-8-12-38(2)13-9-21/h3-6,10-11,15-18,21H,7-9,12-14H2,1-2H3,(H,34,35)(H,37,40). The molecule has 5 heterocycles. The summed E-state index contributed by atoms with van der Waals surface area (Å²) in [6.45, 7) is 3.78. The lowest BCUT2D eigenvalue weighted by Gasteiger charge is -2.35. The van der Waals surface area contributed by atoms with Crippen LogP contribution in [0.25, 0.3) is 11.0 Å². The second-order valence-corrected chi connectivity index (χ2v) is 10.8. The molecule has 1 aromatic carbocycles. The van der Waals surface area contributed by atoms with Gasteiger partial charge < -0.3 is 29.6 Å². The number of fused-ring (bicyclic) bond motifs is 2. The Hall–Kier alpha value is -4.32. The van der Waals surface area contributed by atoms with Crippen LogP contribution in [0.5, 0.6) is 17.4 Å². The Bertz CT molecular complexity index is 1600. The fraction of sp³-hybridized carbons (Fsp3) is 0.367. The van der Waals surface area contributed by atoms with Crippen molar-refractivity contribution in [3.63, 3.8) is 0 Å². The molecule has 1 atom stereocenters. The van der Waals surface area contributed by atoms with E-state index in [2.05, 4.69) is 25.2 Å². The van der Waals surface area contributed by atoms with Crippen molar-refractivity contribution in [3.8, 4) is 17.4 Å². The Labute approximate surface area is 240 Å². The Kier molecular flexibility index (Phi) is 7.40. The molecular formula is C30H31F3N6O3. The third-order valence-electron chi connectivity index (χ3n) is 7.92. The second kappa shape index (κ2) is 11.2. The Morgan fingerprint density at radius 3 is 2.69 bits per heavy atom. The molecule has 1 saturated heterocycles. The van der Waals surface area contributed by atoms with Crippen molar-refractivity contribution >= 4 is 22.8 Å². The molecule has 4 aromatic rings. The van der Waals surface area contributed by atoms with E-state index in [9.17, 15) is 18.0 Å². The van der Waals surface area contributed by atoms with Crippen LogP contribution in [0.15, 0.2) is 55.0 Å². The van der Waals surface area contributed by atoms with Crippen LogP contribution in [0.4, 0.5) is 23.7 Å². The zero-order valence-corrected chi connectivity index (χ0v) is 23.2. The molecule has 2 aliphatic heterocycles. The molecule has 2 N–H and O–H groups in total. The molecule has 3 aromatic heterocycles. The molecule has 2 aliphatic rings. The maximum Gasteiger partial charge on any atom is 0.421 e. The van der Waals surface area contributed by atoms with Crippen LogP contribution in [-0.4, -0.2) is 63.6 Å². The van der Waals surface area contributed by atoms with Gasteiger partial charge in [0.2, 0.25) is 5.88 Å². The summed E-state index contributed by atoms with van der Waals surface area (Å²) < 4.78 is 53.7. The van der Waals surface area contributed by atoms with E-state index >= 15 is 0 Å². The molecule has 0 spiro atoms. The first-order valence-corrected chi connectivity index (χ1v) is 13.9. The van der Waals surface area contributed by atoms with E-state index in [1.54, 1.807) is 23.4 Å². The number of benzene rings is 1. The van der Waals surface area contributed by atoms with E-state index in [1.807, 2.05) is 38.2 Å². The molecule has 1 unspecified atom stereocenters. The number of H-pyrrole nitrogens is 1. The first kappa shape index (κ1) is 27.8. The number of amides is 2. The maximum absolute atomic E-state index is 14.0. The minimum atomic E-state index is -4.69. The number of aromatic nitrogens is 3. The summed E-state index contributed by atoms with van der Waals surface area (Å²) in [4.78, 5) is 28.3. The molecule has 42 heavy (non-hydrogen) atoms. The van der Waals surface area contributed by atoms with Crippen LogP contribution >= 0.6 is 0 Å². The molecule has 9 nitrogen and oxygen atoms in total. The lowest BCUT2D eigenvalue weighted by atomic mass is 9.93. The lowest BCUT2D eigenvalue weighted by molar-refractivity contribution is -0.139. The van der Waals surface area contributed by atoms with Gasteiger partial charge in [-0.15, -0.1) is 0 Å². The summed E-state index contributed by atoms with van der Waals surface area (Å²) in [5.74, 6) is 0.792. The van der Waals surface area contributed by atoms with Crippen molar-refractivity contribution in [1.29, 1.82) is 0 Å². The summed E-state index contributed by atoms with van der Waals surface area (Å²) >= 11 is 0. The largest absolute Gasteiger partial charge is 0.474 e. The highest BCUT2D eigenvalue weighted by atomic mass is 19.4. The zero-order chi connectivity index (χ0) is 29.4. The number of nitrogens with zero attached hydrogens (tertiary/aromatic N) is 4. The number of carbonyl (C=O) groups excluding carboxylic acids is 1. The van der Waals surface area contributed by atoms with Gasteiger partial charge in [0, 0.05) is 32.0 Å². The maximum atomic E-state index is 14.0. The number of anilines is 1. The molecule has 6 rings (SSSR count). The topological polar surface area (TPSA) is 95.6 Å². The van der Waals surface area contributed by atoms with E-state index < -0.39 is 23.7 Å². The van der Waals surface area contributed by atoms with Gasteiger partial charge in [0.05, 0.1) is 23.3 Å². The predicted octanol–water partition coefficient (Wildman–Crippen LogP) is 6.39. The fourth-order valence-corrected chi connectivity index (χ4v) is 5.56. The Morgan fingerprint density at radius 2 is 1.90 bits per heavy atom. The van der Waals surface area contributed by atoms with Crippen molar-refractivity contribution < 1.29 is 27.4 Å². The smallest absolute Gasteiger partial charge is 0.421 e. The van der Waals surface area contributed by atoms with Crippen molar-refractivity contribution in [2.45, 2.75) is 44.5 Å². The van der Waals surface area contributed by atoms with Gasteiger partial charge >= 0.3 is 12.2 Å². The number of ether oxygens (including phenoxy) is 2. The number of hydrogen-bond donors (Lipinski definition) is 2. The first-order valence-electron chi connectivity index (χ1n) is 13.9. The van der Waals surface area contributed by atoms with Gasteiger partial charge in [0.1, 0.15) is 28.8 Å². The highest BCUT2D eigenvalue weighted by molar-refractivity contribution is 5.90. The van der Waals surface area contributed by atoms with E-state index in [0.29, 0.717) is 43.0 Å². The van der Waals surface area contributed by atoms with Gasteiger partial charge in [0.25, 0.3) is 0 Å². The van der Waals surface area contributed by atoms with Crippen molar-refractivity contribution in [3.05, 3.63) is 71.7 Å². The molecule has 0 saturated carbocycles. The number of pyridine rings is 2. The van der Waals surface area contributed by atoms with E-state index in [0.717, 1.165) is 35.7 Å². The number of nitrogens with one attached hydrogen (secondary N) is 2. The fourth-order valence-electron chi connectivity index (χ4n) is 5.56. The van der Waals surface area contributed by atoms with E-state index in [-0.39, 0.29) is 17.8 Å². The SMILES string of the molecule is CC1c2cc(Oc3ccnc4[nH]ccc34)ccc2CCN1C(=O)Nc1cnc(OC2CCN(C)CC2)c(C(F)(F)F)c1. The normalized spacial score (nSPS) is 18.1. The van der Waals surface area contributed by atoms with Gasteiger partial charge in [-0.1, -0.05) is 6.07 Å². The van der Waals surface area contributed by atoms with Crippen LogP contribution in [0.3, 0.4) is 0 Å². The third kappa shape index (κ3) is 5.71. The average molecular weight is 581 g/mol. The number of carbonyl (C=O) groups is 1. The number of likely N-dealkylation sites (tertiary alicyclic amines) is 1. The van der Waals surface area contributed by atoms with E-state index in [4.69, 9.17) is 9.47 Å². The van der Waals surface area contributed by atoms with Crippen molar-refractivity contribution in [2.24, 2.45) is 0 Å². The number of halogens is 3. The van der Waals surface area contributed by atoms with Crippen LogP contribution in [0, 0.1) is 0 Å². The third-order valence-corrected chi connectivity index (χ3v) is 7.92. The highest BCUT2D eigenvalue weighted by Gasteiger charge is 2.37. The minimum absolute atomic E-state index is 0.0497. The molecule has 0 aliphatic carbocycles. The van der Waals surface area contributed by atoms with Crippen LogP contribution < -0.4 is 14.8 Å². The number of hydrogen-bond acceptors (Lipinski definition) is 6. The molecule has 1 fully saturated rings. The van der Waals surface area contributed by atoms with Gasteiger partial charge in [-0.05, 0) is 74.7 Å². The number of urea groups is 1. The quantitative estimate of drug-likeness (QED) is 0.284. The molecule has 0 radical (unpaired) electrons. The number of rotatable bonds is 5. The summed E-state index contributed by atoms with van der Waals surface area (Å²) in [6, 6.07) is 9.47. The van der Waals surface area contributed by atoms with Gasteiger partial charge in [-0.3, -0.25) is 0 Å². The first-order chi connectivity index (χ1) is 20.2. The monoisotopic (exact) mass is 580 g/mol. The molecule has 0 bridgehead atoms. The summed E-state index contributed by atoms with van der Waals surface area (Å²) in [6.07, 6.45) is 1.46. The van der Waals surface area contributed by atoms with Crippen molar-refractivity contribution in [2.75, 3.05) is 32.0 Å². The summed E-state index contributed by atoms with van der Waals surface area (Å²) in [5, 5.41) is 3.46. The minimum Gasteiger partial charge on any atom is -0.474 e. The van der Waals surface area contributed by atoms with Crippen LogP contribution in [0.2, 0.25) is 0 Å². The number of aromatic amines is 1. The zero-order valence-electron chi connectivity index (χ0n) is 23.2. The van der Waals surface area contributed by atoms with Crippen LogP contribution in [0.1, 0.15) is 42.5 Å². The molecule has 12 heteroatoms. The molecule has 220 valence electrons. The van der Waals surface area contributed by atoms with Gasteiger partial charge in [-0.25, -0.2) is 14.8 Å². The summed E-state index contributed by atoms with van der Waals surface area (Å²) in [7, 11) is 1.96. The molecular weight excluding hydrogens is 549 g/mol. The second-order valence-electron chi connectivity index (χ2n) is 10.8. The Balaban J connectivity index is 1.17. The highest BCUT2D eigenvalue weighted by Crippen LogP contribution is 2.38. The van der Waals surface area contributed by atoms with E-state index in [1.165, 1.54) is 6.20 Å². The van der Waals surface area contributed by atoms with Crippen LogP contribution in [-0.2, 0) is 12.6 Å². The Morgan fingerprint density at radius 1 is 1.10 bits per heavy atom. The number of alkyl halides is 3. The van der Waals surface area contributed by atoms with Gasteiger partial charge in [0.15, 0.2) is 0 Å². The van der Waals surface area contributed by atoms with Crippen molar-refractivity contribution in [1.82, 2.24) is 24.8 Å². The number of piperidine rings is 1. The average Bonchev–Trinajstić information content (AvgIpc) is 3.45. The predicted molar refractivity (Wildman–Crippen MR) is 151 cm³/mol.